The topological polar surface area (TPSA) is 66.9 Å². The molecule has 2 aliphatic heterocycles. The molecule has 2 aliphatic rings. The Bertz CT molecular complexity index is 1130. The van der Waals surface area contributed by atoms with Gasteiger partial charge >= 0.3 is 0 Å². The van der Waals surface area contributed by atoms with Gasteiger partial charge in [0.25, 0.3) is 11.1 Å². The summed E-state index contributed by atoms with van der Waals surface area (Å²) in [5.74, 6) is -0.126. The lowest BCUT2D eigenvalue weighted by Gasteiger charge is -2.29. The van der Waals surface area contributed by atoms with E-state index < -0.39 is 11.1 Å². The van der Waals surface area contributed by atoms with Crippen molar-refractivity contribution in [3.8, 4) is 5.75 Å². The fourth-order valence-corrected chi connectivity index (χ4v) is 4.81. The Morgan fingerprint density at radius 2 is 1.97 bits per heavy atom. The summed E-state index contributed by atoms with van der Waals surface area (Å²) < 4.78 is 5.77. The van der Waals surface area contributed by atoms with Gasteiger partial charge in [-0.3, -0.25) is 19.3 Å². The van der Waals surface area contributed by atoms with Gasteiger partial charge in [0.2, 0.25) is 5.91 Å². The lowest BCUT2D eigenvalue weighted by Crippen LogP contribution is -2.44. The van der Waals surface area contributed by atoms with E-state index in [1.165, 1.54) is 5.56 Å². The third-order valence-electron chi connectivity index (χ3n) is 5.81. The SMILES string of the molecule is CC[C@@H](C)Oc1ccc(/C=C2\SC(=O)N(CC(=O)N3CCc4ccccc4C3)C2=O)cc1Cl. The van der Waals surface area contributed by atoms with Gasteiger partial charge in [0.05, 0.1) is 16.0 Å². The summed E-state index contributed by atoms with van der Waals surface area (Å²) in [5.41, 5.74) is 3.01. The lowest BCUT2D eigenvalue weighted by atomic mass is 10.00. The van der Waals surface area contributed by atoms with Crippen molar-refractivity contribution in [3.63, 3.8) is 0 Å². The summed E-state index contributed by atoms with van der Waals surface area (Å²) in [7, 11) is 0. The van der Waals surface area contributed by atoms with Crippen LogP contribution >= 0.6 is 23.4 Å². The van der Waals surface area contributed by atoms with Gasteiger partial charge in [0.1, 0.15) is 12.3 Å². The number of thioether (sulfide) groups is 1. The average Bonchev–Trinajstić information content (AvgIpc) is 3.07. The number of carbonyl (C=O) groups is 3. The number of ether oxygens (including phenoxy) is 1. The lowest BCUT2D eigenvalue weighted by molar-refractivity contribution is -0.136. The van der Waals surface area contributed by atoms with Gasteiger partial charge in [0, 0.05) is 13.1 Å². The van der Waals surface area contributed by atoms with Crippen molar-refractivity contribution >= 4 is 46.5 Å². The number of imide groups is 1. The second-order valence-corrected chi connectivity index (χ2v) is 9.53. The Balaban J connectivity index is 1.43. The predicted molar refractivity (Wildman–Crippen MR) is 130 cm³/mol. The minimum atomic E-state index is -0.466. The van der Waals surface area contributed by atoms with Crippen molar-refractivity contribution in [2.45, 2.75) is 39.3 Å². The highest BCUT2D eigenvalue weighted by molar-refractivity contribution is 8.18. The molecule has 0 radical (unpaired) electrons. The number of hydrogen-bond acceptors (Lipinski definition) is 5. The first-order valence-corrected chi connectivity index (χ1v) is 12.1. The zero-order valence-corrected chi connectivity index (χ0v) is 20.1. The molecule has 2 heterocycles. The van der Waals surface area contributed by atoms with Crippen LogP contribution in [-0.4, -0.2) is 46.0 Å². The number of halogens is 1. The van der Waals surface area contributed by atoms with E-state index in [0.29, 0.717) is 29.4 Å². The highest BCUT2D eigenvalue weighted by Crippen LogP contribution is 2.34. The van der Waals surface area contributed by atoms with Crippen LogP contribution in [0.1, 0.15) is 37.0 Å². The maximum atomic E-state index is 12.9. The fraction of sp³-hybridized carbons (Fsp3) is 0.320. The molecule has 4 rings (SSSR count). The molecule has 33 heavy (non-hydrogen) atoms. The molecule has 0 N–H and O–H groups in total. The monoisotopic (exact) mass is 484 g/mol. The van der Waals surface area contributed by atoms with Crippen LogP contribution in [0.15, 0.2) is 47.4 Å². The van der Waals surface area contributed by atoms with E-state index in [1.54, 1.807) is 29.2 Å². The molecule has 0 bridgehead atoms. The van der Waals surface area contributed by atoms with Crippen molar-refractivity contribution in [3.05, 3.63) is 69.1 Å². The van der Waals surface area contributed by atoms with E-state index in [0.717, 1.165) is 35.1 Å². The van der Waals surface area contributed by atoms with Crippen molar-refractivity contribution < 1.29 is 19.1 Å². The average molecular weight is 485 g/mol. The Kier molecular flexibility index (Phi) is 7.10. The number of rotatable bonds is 6. The number of hydrogen-bond donors (Lipinski definition) is 0. The molecule has 2 aromatic carbocycles. The van der Waals surface area contributed by atoms with E-state index in [1.807, 2.05) is 32.0 Å². The second-order valence-electron chi connectivity index (χ2n) is 8.13. The largest absolute Gasteiger partial charge is 0.489 e. The molecule has 0 aliphatic carbocycles. The predicted octanol–water partition coefficient (Wildman–Crippen LogP) is 5.14. The first-order valence-electron chi connectivity index (χ1n) is 10.9. The molecule has 1 fully saturated rings. The van der Waals surface area contributed by atoms with E-state index in [9.17, 15) is 14.4 Å². The summed E-state index contributed by atoms with van der Waals surface area (Å²) >= 11 is 7.16. The smallest absolute Gasteiger partial charge is 0.294 e. The highest BCUT2D eigenvalue weighted by Gasteiger charge is 2.37. The maximum absolute atomic E-state index is 12.9. The molecule has 8 heteroatoms. The molecule has 3 amide bonds. The van der Waals surface area contributed by atoms with Gasteiger partial charge < -0.3 is 9.64 Å². The maximum Gasteiger partial charge on any atom is 0.294 e. The van der Waals surface area contributed by atoms with Gasteiger partial charge in [-0.1, -0.05) is 48.9 Å². The van der Waals surface area contributed by atoms with Crippen molar-refractivity contribution in [2.75, 3.05) is 13.1 Å². The summed E-state index contributed by atoms with van der Waals surface area (Å²) in [4.78, 5) is 41.2. The van der Waals surface area contributed by atoms with Crippen LogP contribution in [-0.2, 0) is 22.6 Å². The minimum absolute atomic E-state index is 0.0378. The Hall–Kier alpha value is -2.77. The summed E-state index contributed by atoms with van der Waals surface area (Å²) in [6, 6.07) is 13.2. The third kappa shape index (κ3) is 5.25. The van der Waals surface area contributed by atoms with E-state index in [4.69, 9.17) is 16.3 Å². The van der Waals surface area contributed by atoms with Crippen LogP contribution in [0.25, 0.3) is 6.08 Å². The summed E-state index contributed by atoms with van der Waals surface area (Å²) in [5, 5.41) is -0.0105. The molecule has 6 nitrogen and oxygen atoms in total. The fourth-order valence-electron chi connectivity index (χ4n) is 3.73. The minimum Gasteiger partial charge on any atom is -0.489 e. The number of fused-ring (bicyclic) bond motifs is 1. The number of carbonyl (C=O) groups excluding carboxylic acids is 3. The highest BCUT2D eigenvalue weighted by atomic mass is 35.5. The number of nitrogens with zero attached hydrogens (tertiary/aromatic N) is 2. The Morgan fingerprint density at radius 3 is 2.70 bits per heavy atom. The van der Waals surface area contributed by atoms with Crippen LogP contribution in [0.5, 0.6) is 5.75 Å². The van der Waals surface area contributed by atoms with Crippen LogP contribution < -0.4 is 4.74 Å². The number of benzene rings is 2. The summed E-state index contributed by atoms with van der Waals surface area (Å²) in [6.45, 7) is 4.80. The van der Waals surface area contributed by atoms with E-state index >= 15 is 0 Å². The van der Waals surface area contributed by atoms with Crippen molar-refractivity contribution in [1.29, 1.82) is 0 Å². The molecule has 1 atom stereocenters. The third-order valence-corrected chi connectivity index (χ3v) is 7.01. The van der Waals surface area contributed by atoms with Crippen molar-refractivity contribution in [2.24, 2.45) is 0 Å². The quantitative estimate of drug-likeness (QED) is 0.531. The first kappa shape index (κ1) is 23.4. The molecular formula is C25H25ClN2O4S. The first-order chi connectivity index (χ1) is 15.9. The standard InChI is InChI=1S/C25H25ClN2O4S/c1-3-16(2)32-21-9-8-17(12-20(21)26)13-22-24(30)28(25(31)33-22)15-23(29)27-11-10-18-6-4-5-7-19(18)14-27/h4-9,12-13,16H,3,10-11,14-15H2,1-2H3/b22-13-/t16-/m1/s1. The second kappa shape index (κ2) is 10.0. The van der Waals surface area contributed by atoms with Crippen LogP contribution in [0.2, 0.25) is 5.02 Å². The van der Waals surface area contributed by atoms with Crippen LogP contribution in [0.3, 0.4) is 0 Å². The summed E-state index contributed by atoms with van der Waals surface area (Å²) in [6.07, 6.45) is 3.27. The van der Waals surface area contributed by atoms with Crippen LogP contribution in [0, 0.1) is 0 Å². The Morgan fingerprint density at radius 1 is 1.21 bits per heavy atom. The van der Waals surface area contributed by atoms with E-state index in [2.05, 4.69) is 6.07 Å². The molecule has 172 valence electrons. The van der Waals surface area contributed by atoms with Gasteiger partial charge in [-0.25, -0.2) is 0 Å². The number of amides is 3. The molecule has 0 saturated carbocycles. The van der Waals surface area contributed by atoms with Gasteiger partial charge in [0.15, 0.2) is 0 Å². The zero-order valence-electron chi connectivity index (χ0n) is 18.5. The van der Waals surface area contributed by atoms with Gasteiger partial charge in [-0.2, -0.15) is 0 Å². The molecular weight excluding hydrogens is 460 g/mol. The van der Waals surface area contributed by atoms with Crippen molar-refractivity contribution in [1.82, 2.24) is 9.80 Å². The van der Waals surface area contributed by atoms with Crippen LogP contribution in [0.4, 0.5) is 4.79 Å². The molecule has 2 aromatic rings. The molecule has 0 spiro atoms. The zero-order chi connectivity index (χ0) is 23.5. The van der Waals surface area contributed by atoms with E-state index in [-0.39, 0.29) is 23.5 Å². The van der Waals surface area contributed by atoms with Gasteiger partial charge in [-0.05, 0) is 66.4 Å². The molecule has 1 saturated heterocycles. The molecule has 0 aromatic heterocycles. The normalized spacial score (nSPS) is 18.0. The molecule has 0 unspecified atom stereocenters. The van der Waals surface area contributed by atoms with Gasteiger partial charge in [-0.15, -0.1) is 0 Å². The Labute approximate surface area is 202 Å².